The minimum atomic E-state index is -2.82. The molecule has 4 nitrogen and oxygen atoms in total. The summed E-state index contributed by atoms with van der Waals surface area (Å²) in [5.74, 6) is 0.599. The fourth-order valence-corrected chi connectivity index (χ4v) is 14.2. The van der Waals surface area contributed by atoms with Crippen molar-refractivity contribution in [3.05, 3.63) is 224 Å². The van der Waals surface area contributed by atoms with E-state index >= 15 is 0 Å². The van der Waals surface area contributed by atoms with E-state index in [1.807, 2.05) is 18.2 Å². The highest BCUT2D eigenvalue weighted by Gasteiger charge is 2.41. The van der Waals surface area contributed by atoms with Crippen LogP contribution in [-0.4, -0.2) is 22.2 Å². The third kappa shape index (κ3) is 5.31. The summed E-state index contributed by atoms with van der Waals surface area (Å²) in [6.07, 6.45) is 0. The van der Waals surface area contributed by atoms with Gasteiger partial charge in [-0.25, -0.2) is 4.98 Å². The molecule has 8 aromatic carbocycles. The van der Waals surface area contributed by atoms with Crippen LogP contribution in [0.1, 0.15) is 5.56 Å². The molecule has 0 aliphatic rings. The van der Waals surface area contributed by atoms with Gasteiger partial charge < -0.3 is 4.57 Å². The number of nitrogens with zero attached hydrogens (tertiary/aromatic N) is 4. The summed E-state index contributed by atoms with van der Waals surface area (Å²) in [6.45, 7) is 0. The maximum absolute atomic E-state index is 11.4. The van der Waals surface area contributed by atoms with Gasteiger partial charge in [0, 0.05) is 27.1 Å². The van der Waals surface area contributed by atoms with Crippen molar-refractivity contribution in [1.29, 1.82) is 5.26 Å². The number of pyridine rings is 1. The quantitative estimate of drug-likeness (QED) is 0.120. The molecule has 5 heteroatoms. The molecule has 0 N–H and O–H groups in total. The Labute approximate surface area is 343 Å². The number of fused-ring (bicyclic) bond motifs is 6. The van der Waals surface area contributed by atoms with Gasteiger partial charge in [0.2, 0.25) is 0 Å². The predicted molar refractivity (Wildman–Crippen MR) is 247 cm³/mol. The second kappa shape index (κ2) is 14.0. The molecular weight excluding hydrogens is 733 g/mol. The standard InChI is InChI=1S/C54H36N4Si/c55-37-47-53(57-49-30-16-13-27-43(49)44-28-14-17-31-50(44)57)36-48(38-19-5-1-6-20-38)56-54(47)58-51-32-18-15-29-45(51)46-35-42(33-34-52(46)58)59(39-21-7-2-8-22-39,40-23-9-3-10-24-40)41-25-11-4-12-26-41/h1-36H. The molecule has 0 aliphatic heterocycles. The van der Waals surface area contributed by atoms with Crippen LogP contribution in [-0.2, 0) is 0 Å². The van der Waals surface area contributed by atoms with E-state index in [1.165, 1.54) is 20.7 Å². The highest BCUT2D eigenvalue weighted by atomic mass is 28.3. The highest BCUT2D eigenvalue weighted by molar-refractivity contribution is 7.20. The van der Waals surface area contributed by atoms with E-state index in [0.29, 0.717) is 11.4 Å². The SMILES string of the molecule is N#Cc1c(-n2c3ccccc3c3ccccc32)cc(-c2ccccc2)nc1-n1c2ccccc2c2cc([Si](c3ccccc3)(c3ccccc3)c3ccccc3)ccc21. The first-order valence-corrected chi connectivity index (χ1v) is 22.0. The molecular formula is C54H36N4Si. The van der Waals surface area contributed by atoms with Gasteiger partial charge in [0.15, 0.2) is 13.9 Å². The van der Waals surface area contributed by atoms with Crippen LogP contribution < -0.4 is 20.7 Å². The number of hydrogen-bond donors (Lipinski definition) is 0. The predicted octanol–water partition coefficient (Wildman–Crippen LogP) is 10.2. The fraction of sp³-hybridized carbons (Fsp3) is 0. The normalized spacial score (nSPS) is 11.7. The molecule has 0 fully saturated rings. The molecule has 59 heavy (non-hydrogen) atoms. The summed E-state index contributed by atoms with van der Waals surface area (Å²) in [6, 6.07) is 80.6. The van der Waals surface area contributed by atoms with Crippen LogP contribution >= 0.6 is 0 Å². The van der Waals surface area contributed by atoms with Gasteiger partial charge in [-0.05, 0) is 51.1 Å². The Bertz CT molecular complexity index is 3230. The molecule has 0 saturated carbocycles. The smallest absolute Gasteiger partial charge is 0.179 e. The third-order valence-electron chi connectivity index (χ3n) is 11.9. The van der Waals surface area contributed by atoms with Crippen LogP contribution in [0, 0.1) is 11.3 Å². The lowest BCUT2D eigenvalue weighted by Crippen LogP contribution is -2.74. The molecule has 0 atom stereocenters. The fourth-order valence-electron chi connectivity index (χ4n) is 9.40. The zero-order chi connectivity index (χ0) is 39.3. The molecule has 11 rings (SSSR count). The Hall–Kier alpha value is -7.78. The molecule has 0 saturated heterocycles. The minimum absolute atomic E-state index is 0.504. The van der Waals surface area contributed by atoms with E-state index in [9.17, 15) is 5.26 Å². The third-order valence-corrected chi connectivity index (χ3v) is 16.7. The number of hydrogen-bond acceptors (Lipinski definition) is 2. The second-order valence-electron chi connectivity index (χ2n) is 15.0. The lowest BCUT2D eigenvalue weighted by molar-refractivity contribution is 1.05. The minimum Gasteiger partial charge on any atom is -0.308 e. The summed E-state index contributed by atoms with van der Waals surface area (Å²) in [5, 5.41) is 21.1. The Morgan fingerprint density at radius 2 is 0.814 bits per heavy atom. The Balaban J connectivity index is 1.25. The molecule has 0 spiro atoms. The van der Waals surface area contributed by atoms with Crippen molar-refractivity contribution in [3.63, 3.8) is 0 Å². The highest BCUT2D eigenvalue weighted by Crippen LogP contribution is 2.38. The average molecular weight is 769 g/mol. The van der Waals surface area contributed by atoms with Gasteiger partial charge >= 0.3 is 0 Å². The monoisotopic (exact) mass is 768 g/mol. The largest absolute Gasteiger partial charge is 0.308 e. The molecule has 0 amide bonds. The molecule has 0 unspecified atom stereocenters. The van der Waals surface area contributed by atoms with Gasteiger partial charge in [0.25, 0.3) is 0 Å². The van der Waals surface area contributed by atoms with Crippen molar-refractivity contribution >= 4 is 72.4 Å². The topological polar surface area (TPSA) is 46.5 Å². The second-order valence-corrected chi connectivity index (χ2v) is 18.8. The summed E-state index contributed by atoms with van der Waals surface area (Å²) in [5.41, 5.74) is 7.14. The Kier molecular flexibility index (Phi) is 8.18. The Morgan fingerprint density at radius 1 is 0.390 bits per heavy atom. The number of benzene rings is 8. The molecule has 0 radical (unpaired) electrons. The van der Waals surface area contributed by atoms with Gasteiger partial charge in [0.05, 0.1) is 33.4 Å². The number of rotatable bonds is 7. The maximum atomic E-state index is 11.4. The first kappa shape index (κ1) is 34.5. The van der Waals surface area contributed by atoms with E-state index in [-0.39, 0.29) is 0 Å². The summed E-state index contributed by atoms with van der Waals surface area (Å²) >= 11 is 0. The average Bonchev–Trinajstić information content (AvgIpc) is 3.83. The van der Waals surface area contributed by atoms with E-state index in [0.717, 1.165) is 60.6 Å². The van der Waals surface area contributed by atoms with Crippen molar-refractivity contribution < 1.29 is 0 Å². The molecule has 0 aliphatic carbocycles. The lowest BCUT2D eigenvalue weighted by atomic mass is 10.1. The van der Waals surface area contributed by atoms with Crippen LogP contribution in [0.5, 0.6) is 0 Å². The van der Waals surface area contributed by atoms with Gasteiger partial charge in [-0.15, -0.1) is 0 Å². The van der Waals surface area contributed by atoms with E-state index in [1.54, 1.807) is 0 Å². The van der Waals surface area contributed by atoms with Gasteiger partial charge in [-0.2, -0.15) is 5.26 Å². The summed E-state index contributed by atoms with van der Waals surface area (Å²) in [7, 11) is -2.82. The van der Waals surface area contributed by atoms with Crippen molar-refractivity contribution in [2.24, 2.45) is 0 Å². The molecule has 11 aromatic rings. The number of para-hydroxylation sites is 3. The van der Waals surface area contributed by atoms with E-state index in [4.69, 9.17) is 4.98 Å². The van der Waals surface area contributed by atoms with Crippen LogP contribution in [0.2, 0.25) is 0 Å². The van der Waals surface area contributed by atoms with Crippen LogP contribution in [0.15, 0.2) is 218 Å². The lowest BCUT2D eigenvalue weighted by Gasteiger charge is -2.34. The van der Waals surface area contributed by atoms with Gasteiger partial charge in [-0.3, -0.25) is 4.57 Å². The van der Waals surface area contributed by atoms with Gasteiger partial charge in [-0.1, -0.05) is 188 Å². The van der Waals surface area contributed by atoms with E-state index < -0.39 is 8.07 Å². The molecule has 3 aromatic heterocycles. The van der Waals surface area contributed by atoms with E-state index in [2.05, 4.69) is 215 Å². The molecule has 0 bridgehead atoms. The first-order chi connectivity index (χ1) is 29.3. The van der Waals surface area contributed by atoms with Crippen LogP contribution in [0.4, 0.5) is 0 Å². The number of aromatic nitrogens is 3. The molecule has 3 heterocycles. The first-order valence-electron chi connectivity index (χ1n) is 20.0. The zero-order valence-electron chi connectivity index (χ0n) is 32.1. The van der Waals surface area contributed by atoms with Gasteiger partial charge in [0.1, 0.15) is 11.6 Å². The molecule has 276 valence electrons. The van der Waals surface area contributed by atoms with Crippen LogP contribution in [0.3, 0.4) is 0 Å². The summed E-state index contributed by atoms with van der Waals surface area (Å²) in [4.78, 5) is 5.44. The van der Waals surface area contributed by atoms with Crippen molar-refractivity contribution in [2.45, 2.75) is 0 Å². The maximum Gasteiger partial charge on any atom is 0.179 e. The summed E-state index contributed by atoms with van der Waals surface area (Å²) < 4.78 is 4.46. The Morgan fingerprint density at radius 3 is 1.32 bits per heavy atom. The van der Waals surface area contributed by atoms with Crippen molar-refractivity contribution in [1.82, 2.24) is 14.1 Å². The van der Waals surface area contributed by atoms with Crippen LogP contribution in [0.25, 0.3) is 66.4 Å². The number of nitriles is 1. The zero-order valence-corrected chi connectivity index (χ0v) is 33.1. The van der Waals surface area contributed by atoms with Crippen molar-refractivity contribution in [2.75, 3.05) is 0 Å². The van der Waals surface area contributed by atoms with Crippen molar-refractivity contribution in [3.8, 4) is 28.8 Å².